The van der Waals surface area contributed by atoms with Gasteiger partial charge in [0.15, 0.2) is 5.84 Å². The number of ether oxygens (including phenoxy) is 1. The summed E-state index contributed by atoms with van der Waals surface area (Å²) in [6, 6.07) is 5.49. The van der Waals surface area contributed by atoms with E-state index in [4.69, 9.17) is 20.8 Å². The monoisotopic (exact) mass is 267 g/mol. The fourth-order valence-electron chi connectivity index (χ4n) is 1.66. The summed E-state index contributed by atoms with van der Waals surface area (Å²) in [6.07, 6.45) is 0.388. The minimum Gasteiger partial charge on any atom is -0.496 e. The summed E-state index contributed by atoms with van der Waals surface area (Å²) in [5, 5.41) is 24.1. The second-order valence-electron chi connectivity index (χ2n) is 4.33. The highest BCUT2D eigenvalue weighted by Crippen LogP contribution is 2.19. The van der Waals surface area contributed by atoms with Crippen LogP contribution in [0.4, 0.5) is 0 Å². The lowest BCUT2D eigenvalue weighted by molar-refractivity contribution is 0.183. The van der Waals surface area contributed by atoms with Gasteiger partial charge in [0, 0.05) is 6.54 Å². The van der Waals surface area contributed by atoms with E-state index in [0.717, 1.165) is 12.1 Å². The van der Waals surface area contributed by atoms with Gasteiger partial charge in [0.05, 0.1) is 18.8 Å². The molecule has 1 rings (SSSR count). The van der Waals surface area contributed by atoms with Crippen LogP contribution in [0.25, 0.3) is 0 Å². The molecule has 6 nitrogen and oxygen atoms in total. The summed E-state index contributed by atoms with van der Waals surface area (Å²) < 4.78 is 5.15. The van der Waals surface area contributed by atoms with Gasteiger partial charge in [-0.1, -0.05) is 11.2 Å². The number of aliphatic hydroxyl groups excluding tert-OH is 1. The number of hydrogen-bond donors (Lipinski definition) is 4. The first kappa shape index (κ1) is 15.3. The van der Waals surface area contributed by atoms with Crippen LogP contribution in [-0.2, 0) is 6.54 Å². The second kappa shape index (κ2) is 7.60. The Morgan fingerprint density at radius 1 is 1.53 bits per heavy atom. The maximum Gasteiger partial charge on any atom is 0.173 e. The largest absolute Gasteiger partial charge is 0.496 e. The molecule has 0 amide bonds. The molecule has 0 saturated heterocycles. The van der Waals surface area contributed by atoms with Gasteiger partial charge < -0.3 is 26.1 Å². The zero-order valence-electron chi connectivity index (χ0n) is 11.3. The topological polar surface area (TPSA) is 100 Å². The predicted octanol–water partition coefficient (Wildman–Crippen LogP) is 0.650. The van der Waals surface area contributed by atoms with Gasteiger partial charge >= 0.3 is 0 Å². The molecule has 1 aromatic carbocycles. The molecular weight excluding hydrogens is 246 g/mol. The maximum absolute atomic E-state index is 9.15. The Bertz CT molecular complexity index is 433. The molecule has 0 aliphatic rings. The van der Waals surface area contributed by atoms with E-state index in [0.29, 0.717) is 24.3 Å². The Morgan fingerprint density at radius 3 is 2.84 bits per heavy atom. The molecule has 1 atom stereocenters. The van der Waals surface area contributed by atoms with E-state index >= 15 is 0 Å². The van der Waals surface area contributed by atoms with Gasteiger partial charge in [-0.25, -0.2) is 0 Å². The van der Waals surface area contributed by atoms with Crippen LogP contribution < -0.4 is 15.8 Å². The lowest BCUT2D eigenvalue weighted by Crippen LogP contribution is -2.19. The maximum atomic E-state index is 9.15. The number of rotatable bonds is 7. The Kier molecular flexibility index (Phi) is 6.11. The quantitative estimate of drug-likeness (QED) is 0.191. The van der Waals surface area contributed by atoms with Crippen molar-refractivity contribution < 1.29 is 15.1 Å². The molecule has 1 aromatic rings. The first-order valence-corrected chi connectivity index (χ1v) is 6.12. The van der Waals surface area contributed by atoms with Gasteiger partial charge in [-0.2, -0.15) is 0 Å². The average molecular weight is 267 g/mol. The number of nitrogens with zero attached hydrogens (tertiary/aromatic N) is 1. The Morgan fingerprint density at radius 2 is 2.26 bits per heavy atom. The molecule has 0 bridgehead atoms. The normalized spacial score (nSPS) is 13.3. The summed E-state index contributed by atoms with van der Waals surface area (Å²) >= 11 is 0. The highest BCUT2D eigenvalue weighted by molar-refractivity contribution is 5.99. The summed E-state index contributed by atoms with van der Waals surface area (Å²) in [5.41, 5.74) is 7.15. The van der Waals surface area contributed by atoms with Crippen molar-refractivity contribution in [1.29, 1.82) is 0 Å². The second-order valence-corrected chi connectivity index (χ2v) is 4.33. The standard InChI is InChI=1S/C13H21N3O3/c1-9(17)5-6-15-8-10-3-4-12(19-2)11(7-10)13(14)16-18/h3-4,7,9,15,17-18H,5-6,8H2,1-2H3,(H2,14,16). The molecule has 0 aromatic heterocycles. The lowest BCUT2D eigenvalue weighted by Gasteiger charge is -2.11. The first-order valence-electron chi connectivity index (χ1n) is 6.12. The van der Waals surface area contributed by atoms with Crippen LogP contribution in [0.3, 0.4) is 0 Å². The van der Waals surface area contributed by atoms with Crippen molar-refractivity contribution in [1.82, 2.24) is 5.32 Å². The number of oxime groups is 1. The summed E-state index contributed by atoms with van der Waals surface area (Å²) in [4.78, 5) is 0. The molecule has 0 aliphatic carbocycles. The van der Waals surface area contributed by atoms with Gasteiger partial charge in [-0.05, 0) is 37.6 Å². The van der Waals surface area contributed by atoms with Crippen LogP contribution in [0.1, 0.15) is 24.5 Å². The minimum absolute atomic E-state index is 0.0164. The molecular formula is C13H21N3O3. The van der Waals surface area contributed by atoms with Crippen molar-refractivity contribution in [3.8, 4) is 5.75 Å². The van der Waals surface area contributed by atoms with E-state index in [1.54, 1.807) is 13.0 Å². The van der Waals surface area contributed by atoms with Crippen LogP contribution in [0, 0.1) is 0 Å². The van der Waals surface area contributed by atoms with Gasteiger partial charge in [-0.15, -0.1) is 0 Å². The molecule has 6 heteroatoms. The van der Waals surface area contributed by atoms with E-state index in [1.807, 2.05) is 12.1 Å². The van der Waals surface area contributed by atoms with E-state index in [2.05, 4.69) is 10.5 Å². The van der Waals surface area contributed by atoms with Crippen molar-refractivity contribution >= 4 is 5.84 Å². The zero-order chi connectivity index (χ0) is 14.3. The molecule has 0 fully saturated rings. The third-order valence-corrected chi connectivity index (χ3v) is 2.72. The molecule has 1 unspecified atom stereocenters. The van der Waals surface area contributed by atoms with Crippen molar-refractivity contribution in [2.45, 2.75) is 26.0 Å². The number of nitrogens with one attached hydrogen (secondary N) is 1. The Balaban J connectivity index is 2.70. The molecule has 0 saturated carbocycles. The molecule has 0 heterocycles. The minimum atomic E-state index is -0.309. The van der Waals surface area contributed by atoms with E-state index < -0.39 is 0 Å². The number of hydrogen-bond acceptors (Lipinski definition) is 5. The van der Waals surface area contributed by atoms with Gasteiger partial charge in [0.1, 0.15) is 5.75 Å². The average Bonchev–Trinajstić information content (AvgIpc) is 2.42. The summed E-state index contributed by atoms with van der Waals surface area (Å²) in [6.45, 7) is 3.12. The molecule has 0 aliphatic heterocycles. The number of amidine groups is 1. The van der Waals surface area contributed by atoms with Gasteiger partial charge in [0.2, 0.25) is 0 Å². The fraction of sp³-hybridized carbons (Fsp3) is 0.462. The third kappa shape index (κ3) is 4.76. The molecule has 5 N–H and O–H groups in total. The number of methoxy groups -OCH3 is 1. The highest BCUT2D eigenvalue weighted by atomic mass is 16.5. The Labute approximate surface area is 112 Å². The SMILES string of the molecule is COc1ccc(CNCCC(C)O)cc1C(N)=NO. The number of benzene rings is 1. The lowest BCUT2D eigenvalue weighted by atomic mass is 10.1. The summed E-state index contributed by atoms with van der Waals surface area (Å²) in [7, 11) is 1.53. The van der Waals surface area contributed by atoms with Gasteiger partial charge in [0.25, 0.3) is 0 Å². The third-order valence-electron chi connectivity index (χ3n) is 2.72. The molecule has 0 spiro atoms. The van der Waals surface area contributed by atoms with Crippen molar-refractivity contribution in [3.05, 3.63) is 29.3 Å². The van der Waals surface area contributed by atoms with Crippen LogP contribution in [0.15, 0.2) is 23.4 Å². The van der Waals surface area contributed by atoms with Crippen LogP contribution >= 0.6 is 0 Å². The van der Waals surface area contributed by atoms with Crippen LogP contribution in [-0.4, -0.2) is 35.9 Å². The van der Waals surface area contributed by atoms with E-state index in [-0.39, 0.29) is 11.9 Å². The van der Waals surface area contributed by atoms with Gasteiger partial charge in [-0.3, -0.25) is 0 Å². The van der Waals surface area contributed by atoms with Crippen LogP contribution in [0.2, 0.25) is 0 Å². The molecule has 0 radical (unpaired) electrons. The molecule has 106 valence electrons. The predicted molar refractivity (Wildman–Crippen MR) is 73.5 cm³/mol. The fourth-order valence-corrected chi connectivity index (χ4v) is 1.66. The smallest absolute Gasteiger partial charge is 0.173 e. The van der Waals surface area contributed by atoms with E-state index in [9.17, 15) is 0 Å². The number of aliphatic hydroxyl groups is 1. The first-order chi connectivity index (χ1) is 9.08. The van der Waals surface area contributed by atoms with Crippen molar-refractivity contribution in [2.24, 2.45) is 10.9 Å². The zero-order valence-corrected chi connectivity index (χ0v) is 11.3. The summed E-state index contributed by atoms with van der Waals surface area (Å²) in [5.74, 6) is 0.575. The highest BCUT2D eigenvalue weighted by Gasteiger charge is 2.08. The molecule has 19 heavy (non-hydrogen) atoms. The number of nitrogens with two attached hydrogens (primary N) is 1. The van der Waals surface area contributed by atoms with Crippen molar-refractivity contribution in [3.63, 3.8) is 0 Å². The van der Waals surface area contributed by atoms with E-state index in [1.165, 1.54) is 7.11 Å². The Hall–Kier alpha value is -1.79. The van der Waals surface area contributed by atoms with Crippen molar-refractivity contribution in [2.75, 3.05) is 13.7 Å². The van der Waals surface area contributed by atoms with Crippen LogP contribution in [0.5, 0.6) is 5.75 Å².